The second kappa shape index (κ2) is 14.7. The van der Waals surface area contributed by atoms with E-state index >= 15 is 0 Å². The van der Waals surface area contributed by atoms with Crippen LogP contribution in [-0.2, 0) is 22.5 Å². The zero-order chi connectivity index (χ0) is 23.1. The number of nitrogens with zero attached hydrogens (tertiary/aromatic N) is 1. The summed E-state index contributed by atoms with van der Waals surface area (Å²) >= 11 is 0. The first-order chi connectivity index (χ1) is 15.5. The van der Waals surface area contributed by atoms with Gasteiger partial charge in [0.05, 0.1) is 27.3 Å². The number of carbonyl (C=O) groups excluding carboxylic acids is 1. The minimum atomic E-state index is -0.158. The Hall–Kier alpha value is -2.33. The molecule has 32 heavy (non-hydrogen) atoms. The molecule has 0 atom stereocenters. The lowest BCUT2D eigenvalue weighted by Crippen LogP contribution is -2.43. The molecular weight excluding hydrogens is 398 g/mol. The lowest BCUT2D eigenvalue weighted by atomic mass is 10.0. The predicted molar refractivity (Wildman–Crippen MR) is 132 cm³/mol. The molecule has 0 saturated carbocycles. The molecule has 0 spiro atoms. The van der Waals surface area contributed by atoms with Gasteiger partial charge in [-0.25, -0.2) is 4.79 Å². The third kappa shape index (κ3) is 10.8. The highest BCUT2D eigenvalue weighted by molar-refractivity contribution is 5.70. The first kappa shape index (κ1) is 25.9. The molecule has 2 aromatic carbocycles. The SMILES string of the molecule is CCCCCCCCc1ccccc1OCCCOC(=O)C[N+](C)(C)Cc1ccccc1. The number of esters is 1. The van der Waals surface area contributed by atoms with Crippen LogP contribution in [0.15, 0.2) is 54.6 Å². The minimum Gasteiger partial charge on any atom is -0.493 e. The summed E-state index contributed by atoms with van der Waals surface area (Å²) in [6, 6.07) is 18.5. The highest BCUT2D eigenvalue weighted by Gasteiger charge is 2.21. The van der Waals surface area contributed by atoms with Crippen LogP contribution in [0.3, 0.4) is 0 Å². The van der Waals surface area contributed by atoms with Crippen LogP contribution >= 0.6 is 0 Å². The normalized spacial score (nSPS) is 11.3. The molecule has 0 bridgehead atoms. The lowest BCUT2D eigenvalue weighted by molar-refractivity contribution is -0.896. The van der Waals surface area contributed by atoms with E-state index in [1.54, 1.807) is 0 Å². The summed E-state index contributed by atoms with van der Waals surface area (Å²) in [5.41, 5.74) is 2.50. The first-order valence-corrected chi connectivity index (χ1v) is 12.2. The number of quaternary nitrogens is 1. The van der Waals surface area contributed by atoms with Crippen molar-refractivity contribution in [2.75, 3.05) is 33.9 Å². The quantitative estimate of drug-likeness (QED) is 0.178. The number of unbranched alkanes of at least 4 members (excludes halogenated alkanes) is 5. The van der Waals surface area contributed by atoms with Gasteiger partial charge in [-0.1, -0.05) is 87.6 Å². The third-order valence-corrected chi connectivity index (χ3v) is 5.59. The van der Waals surface area contributed by atoms with Crippen LogP contribution < -0.4 is 4.74 Å². The Morgan fingerprint density at radius 1 is 0.812 bits per heavy atom. The molecule has 0 aliphatic carbocycles. The van der Waals surface area contributed by atoms with Gasteiger partial charge in [0.2, 0.25) is 0 Å². The highest BCUT2D eigenvalue weighted by Crippen LogP contribution is 2.21. The molecule has 0 unspecified atom stereocenters. The highest BCUT2D eigenvalue weighted by atomic mass is 16.5. The monoisotopic (exact) mass is 440 g/mol. The molecule has 0 radical (unpaired) electrons. The van der Waals surface area contributed by atoms with Crippen molar-refractivity contribution in [3.05, 3.63) is 65.7 Å². The number of likely N-dealkylation sites (N-methyl/N-ethyl adjacent to an activating group) is 1. The van der Waals surface area contributed by atoms with E-state index in [2.05, 4.69) is 45.3 Å². The van der Waals surface area contributed by atoms with Gasteiger partial charge in [0.25, 0.3) is 0 Å². The van der Waals surface area contributed by atoms with E-state index in [4.69, 9.17) is 9.47 Å². The number of carbonyl (C=O) groups is 1. The summed E-state index contributed by atoms with van der Waals surface area (Å²) in [6.45, 7) is 4.36. The first-order valence-electron chi connectivity index (χ1n) is 12.2. The van der Waals surface area contributed by atoms with Crippen LogP contribution in [0.1, 0.15) is 63.0 Å². The molecule has 0 saturated heterocycles. The van der Waals surface area contributed by atoms with E-state index in [1.807, 2.05) is 30.3 Å². The molecule has 0 N–H and O–H groups in total. The van der Waals surface area contributed by atoms with Crippen molar-refractivity contribution in [3.63, 3.8) is 0 Å². The van der Waals surface area contributed by atoms with Gasteiger partial charge in [-0.3, -0.25) is 0 Å². The summed E-state index contributed by atoms with van der Waals surface area (Å²) in [4.78, 5) is 12.3. The molecule has 4 heteroatoms. The minimum absolute atomic E-state index is 0.158. The van der Waals surface area contributed by atoms with Gasteiger partial charge in [0, 0.05) is 12.0 Å². The molecular formula is C28H42NO3+. The summed E-state index contributed by atoms with van der Waals surface area (Å²) in [7, 11) is 4.11. The molecule has 0 amide bonds. The Kier molecular flexibility index (Phi) is 11.9. The summed E-state index contributed by atoms with van der Waals surface area (Å²) < 4.78 is 12.0. The average molecular weight is 441 g/mol. The van der Waals surface area contributed by atoms with Crippen LogP contribution in [0.5, 0.6) is 5.75 Å². The fraction of sp³-hybridized carbons (Fsp3) is 0.536. The summed E-state index contributed by atoms with van der Waals surface area (Å²) in [5, 5.41) is 0. The number of benzene rings is 2. The van der Waals surface area contributed by atoms with Crippen LogP contribution in [0.2, 0.25) is 0 Å². The molecule has 0 aliphatic rings. The number of ether oxygens (including phenoxy) is 2. The number of aryl methyl sites for hydroxylation is 1. The van der Waals surface area contributed by atoms with E-state index in [9.17, 15) is 4.79 Å². The molecule has 0 aliphatic heterocycles. The third-order valence-electron chi connectivity index (χ3n) is 5.59. The van der Waals surface area contributed by atoms with Gasteiger partial charge in [-0.05, 0) is 24.5 Å². The maximum atomic E-state index is 12.3. The van der Waals surface area contributed by atoms with Gasteiger partial charge in [0.15, 0.2) is 6.54 Å². The van der Waals surface area contributed by atoms with Gasteiger partial charge < -0.3 is 14.0 Å². The van der Waals surface area contributed by atoms with E-state index < -0.39 is 0 Å². The van der Waals surface area contributed by atoms with Crippen LogP contribution in [-0.4, -0.2) is 44.3 Å². The summed E-state index contributed by atoms with van der Waals surface area (Å²) in [6.07, 6.45) is 9.54. The Morgan fingerprint density at radius 3 is 2.28 bits per heavy atom. The fourth-order valence-electron chi connectivity index (χ4n) is 3.90. The summed E-state index contributed by atoms with van der Waals surface area (Å²) in [5.74, 6) is 0.808. The van der Waals surface area contributed by atoms with Crippen LogP contribution in [0.4, 0.5) is 0 Å². The van der Waals surface area contributed by atoms with Crippen molar-refractivity contribution in [2.24, 2.45) is 0 Å². The van der Waals surface area contributed by atoms with Crippen molar-refractivity contribution in [1.82, 2.24) is 0 Å². The smallest absolute Gasteiger partial charge is 0.361 e. The van der Waals surface area contributed by atoms with Crippen molar-refractivity contribution < 1.29 is 18.8 Å². The van der Waals surface area contributed by atoms with E-state index in [0.717, 1.165) is 18.7 Å². The van der Waals surface area contributed by atoms with Gasteiger partial charge in [0.1, 0.15) is 12.3 Å². The Bertz CT molecular complexity index is 773. The number of rotatable bonds is 16. The fourth-order valence-corrected chi connectivity index (χ4v) is 3.90. The number of para-hydroxylation sites is 1. The molecule has 0 heterocycles. The van der Waals surface area contributed by atoms with E-state index in [1.165, 1.54) is 49.7 Å². The molecule has 0 fully saturated rings. The van der Waals surface area contributed by atoms with Gasteiger partial charge in [-0.15, -0.1) is 0 Å². The Morgan fingerprint density at radius 2 is 1.50 bits per heavy atom. The zero-order valence-electron chi connectivity index (χ0n) is 20.4. The maximum Gasteiger partial charge on any atom is 0.361 e. The molecule has 2 aromatic rings. The largest absolute Gasteiger partial charge is 0.493 e. The molecule has 4 nitrogen and oxygen atoms in total. The Labute approximate surface area is 195 Å². The van der Waals surface area contributed by atoms with Crippen LogP contribution in [0, 0.1) is 0 Å². The average Bonchev–Trinajstić information content (AvgIpc) is 2.76. The van der Waals surface area contributed by atoms with Crippen LogP contribution in [0.25, 0.3) is 0 Å². The van der Waals surface area contributed by atoms with E-state index in [0.29, 0.717) is 30.7 Å². The lowest BCUT2D eigenvalue weighted by Gasteiger charge is -2.28. The molecule has 176 valence electrons. The van der Waals surface area contributed by atoms with Crippen molar-refractivity contribution >= 4 is 5.97 Å². The second-order valence-corrected chi connectivity index (χ2v) is 9.29. The molecule has 2 rings (SSSR count). The predicted octanol–water partition coefficient (Wildman–Crippen LogP) is 6.18. The van der Waals surface area contributed by atoms with Crippen molar-refractivity contribution in [2.45, 2.75) is 64.8 Å². The number of hydrogen-bond acceptors (Lipinski definition) is 3. The van der Waals surface area contributed by atoms with Crippen molar-refractivity contribution in [3.8, 4) is 5.75 Å². The number of hydrogen-bond donors (Lipinski definition) is 0. The van der Waals surface area contributed by atoms with E-state index in [-0.39, 0.29) is 5.97 Å². The maximum absolute atomic E-state index is 12.3. The second-order valence-electron chi connectivity index (χ2n) is 9.29. The van der Waals surface area contributed by atoms with Gasteiger partial charge >= 0.3 is 5.97 Å². The molecule has 0 aromatic heterocycles. The van der Waals surface area contributed by atoms with Crippen molar-refractivity contribution in [1.29, 1.82) is 0 Å². The standard InChI is InChI=1S/C28H42NO3/c1-4-5-6-7-8-12-18-26-19-13-14-20-27(26)31-21-15-22-32-28(30)24-29(2,3)23-25-16-10-9-11-17-25/h9-11,13-14,16-17,19-20H,4-8,12,15,18,21-24H2,1-3H3/q+1. The van der Waals surface area contributed by atoms with Gasteiger partial charge in [-0.2, -0.15) is 0 Å². The zero-order valence-corrected chi connectivity index (χ0v) is 20.4. The topological polar surface area (TPSA) is 35.5 Å². The Balaban J connectivity index is 1.63.